The van der Waals surface area contributed by atoms with Crippen LogP contribution >= 0.6 is 0 Å². The van der Waals surface area contributed by atoms with Gasteiger partial charge in [0.2, 0.25) is 0 Å². The molecule has 2 heteroatoms. The van der Waals surface area contributed by atoms with E-state index < -0.39 is 0 Å². The fourth-order valence-electron chi connectivity index (χ4n) is 3.26. The molecule has 1 N–H and O–H groups in total. The summed E-state index contributed by atoms with van der Waals surface area (Å²) >= 11 is 0. The molecule has 1 saturated heterocycles. The SMILES string of the molecule is Cc1ccc(C(C)(C)C)cc1C(C1CCCN1)N(C)C. The van der Waals surface area contributed by atoms with E-state index in [4.69, 9.17) is 0 Å². The molecule has 0 bridgehead atoms. The van der Waals surface area contributed by atoms with Crippen LogP contribution < -0.4 is 5.32 Å². The number of nitrogens with one attached hydrogen (secondary N) is 1. The summed E-state index contributed by atoms with van der Waals surface area (Å²) in [7, 11) is 4.40. The molecule has 0 amide bonds. The molecule has 0 saturated carbocycles. The Balaban J connectivity index is 2.41. The average molecular weight is 274 g/mol. The van der Waals surface area contributed by atoms with Gasteiger partial charge in [0.15, 0.2) is 0 Å². The maximum Gasteiger partial charge on any atom is 0.0498 e. The maximum absolute atomic E-state index is 3.68. The number of aryl methyl sites for hydroxylation is 1. The molecule has 2 nitrogen and oxygen atoms in total. The van der Waals surface area contributed by atoms with Gasteiger partial charge in [0, 0.05) is 12.1 Å². The van der Waals surface area contributed by atoms with Gasteiger partial charge in [-0.3, -0.25) is 0 Å². The Bertz CT molecular complexity index is 451. The minimum absolute atomic E-state index is 0.211. The van der Waals surface area contributed by atoms with Crippen molar-refractivity contribution < 1.29 is 0 Å². The van der Waals surface area contributed by atoms with Crippen LogP contribution in [0.2, 0.25) is 0 Å². The third kappa shape index (κ3) is 3.24. The normalized spacial score (nSPS) is 21.4. The quantitative estimate of drug-likeness (QED) is 0.905. The average Bonchev–Trinajstić information content (AvgIpc) is 2.83. The van der Waals surface area contributed by atoms with E-state index >= 15 is 0 Å². The van der Waals surface area contributed by atoms with Gasteiger partial charge < -0.3 is 10.2 Å². The monoisotopic (exact) mass is 274 g/mol. The third-order valence-electron chi connectivity index (χ3n) is 4.50. The number of benzene rings is 1. The lowest BCUT2D eigenvalue weighted by molar-refractivity contribution is 0.243. The lowest BCUT2D eigenvalue weighted by Gasteiger charge is -2.33. The van der Waals surface area contributed by atoms with Gasteiger partial charge in [0.1, 0.15) is 0 Å². The first kappa shape index (κ1) is 15.5. The summed E-state index contributed by atoms with van der Waals surface area (Å²) in [5, 5.41) is 3.68. The Hall–Kier alpha value is -0.860. The van der Waals surface area contributed by atoms with Crippen molar-refractivity contribution in [2.45, 2.75) is 58.0 Å². The van der Waals surface area contributed by atoms with E-state index in [0.717, 1.165) is 6.54 Å². The van der Waals surface area contributed by atoms with Crippen LogP contribution in [0.4, 0.5) is 0 Å². The molecule has 2 rings (SSSR count). The van der Waals surface area contributed by atoms with Crippen molar-refractivity contribution in [1.29, 1.82) is 0 Å². The molecule has 0 spiro atoms. The van der Waals surface area contributed by atoms with Gasteiger partial charge in [-0.25, -0.2) is 0 Å². The summed E-state index contributed by atoms with van der Waals surface area (Å²) in [4.78, 5) is 2.37. The molecule has 1 fully saturated rings. The topological polar surface area (TPSA) is 15.3 Å². The first-order valence-corrected chi connectivity index (χ1v) is 7.81. The fraction of sp³-hybridized carbons (Fsp3) is 0.667. The van der Waals surface area contributed by atoms with E-state index in [9.17, 15) is 0 Å². The highest BCUT2D eigenvalue weighted by molar-refractivity contribution is 5.37. The van der Waals surface area contributed by atoms with Gasteiger partial charge in [-0.05, 0) is 62.5 Å². The lowest BCUT2D eigenvalue weighted by Crippen LogP contribution is -2.38. The summed E-state index contributed by atoms with van der Waals surface area (Å²) in [6, 6.07) is 8.06. The van der Waals surface area contributed by atoms with E-state index in [1.165, 1.54) is 29.5 Å². The Labute approximate surface area is 124 Å². The van der Waals surface area contributed by atoms with Crippen molar-refractivity contribution in [2.24, 2.45) is 0 Å². The number of likely N-dealkylation sites (N-methyl/N-ethyl adjacent to an activating group) is 1. The number of hydrogen-bond donors (Lipinski definition) is 1. The molecule has 1 aromatic rings. The first-order chi connectivity index (χ1) is 9.30. The van der Waals surface area contributed by atoms with Crippen molar-refractivity contribution in [3.63, 3.8) is 0 Å². The summed E-state index contributed by atoms with van der Waals surface area (Å²) in [6.45, 7) is 10.3. The fourth-order valence-corrected chi connectivity index (χ4v) is 3.26. The van der Waals surface area contributed by atoms with Crippen molar-refractivity contribution in [2.75, 3.05) is 20.6 Å². The zero-order valence-corrected chi connectivity index (χ0v) is 14.0. The second-order valence-corrected chi connectivity index (χ2v) is 7.43. The summed E-state index contributed by atoms with van der Waals surface area (Å²) in [5.41, 5.74) is 4.54. The highest BCUT2D eigenvalue weighted by atomic mass is 15.1. The number of nitrogens with zero attached hydrogens (tertiary/aromatic N) is 1. The number of rotatable bonds is 3. The van der Waals surface area contributed by atoms with Crippen LogP contribution in [0.3, 0.4) is 0 Å². The summed E-state index contributed by atoms with van der Waals surface area (Å²) in [6.07, 6.45) is 2.58. The minimum Gasteiger partial charge on any atom is -0.312 e. The van der Waals surface area contributed by atoms with Crippen molar-refractivity contribution >= 4 is 0 Å². The van der Waals surface area contributed by atoms with E-state index in [1.54, 1.807) is 0 Å². The van der Waals surface area contributed by atoms with Gasteiger partial charge in [-0.15, -0.1) is 0 Å². The third-order valence-corrected chi connectivity index (χ3v) is 4.50. The zero-order valence-electron chi connectivity index (χ0n) is 14.0. The van der Waals surface area contributed by atoms with Crippen molar-refractivity contribution in [1.82, 2.24) is 10.2 Å². The number of hydrogen-bond acceptors (Lipinski definition) is 2. The predicted molar refractivity (Wildman–Crippen MR) is 87.3 cm³/mol. The van der Waals surface area contributed by atoms with Gasteiger partial charge >= 0.3 is 0 Å². The van der Waals surface area contributed by atoms with Crippen LogP contribution in [-0.4, -0.2) is 31.6 Å². The minimum atomic E-state index is 0.211. The molecule has 2 unspecified atom stereocenters. The van der Waals surface area contributed by atoms with E-state index in [0.29, 0.717) is 12.1 Å². The van der Waals surface area contributed by atoms with E-state index in [-0.39, 0.29) is 5.41 Å². The van der Waals surface area contributed by atoms with E-state index in [2.05, 4.69) is 70.2 Å². The van der Waals surface area contributed by atoms with Crippen LogP contribution in [-0.2, 0) is 5.41 Å². The summed E-state index contributed by atoms with van der Waals surface area (Å²) < 4.78 is 0. The Kier molecular flexibility index (Phi) is 4.55. The van der Waals surface area contributed by atoms with Crippen LogP contribution in [0.15, 0.2) is 18.2 Å². The first-order valence-electron chi connectivity index (χ1n) is 7.81. The predicted octanol–water partition coefficient (Wildman–Crippen LogP) is 3.65. The van der Waals surface area contributed by atoms with Gasteiger partial charge in [-0.1, -0.05) is 39.0 Å². The Morgan fingerprint density at radius 1 is 1.25 bits per heavy atom. The van der Waals surface area contributed by atoms with Crippen LogP contribution in [0, 0.1) is 6.92 Å². The van der Waals surface area contributed by atoms with Crippen LogP contribution in [0.1, 0.15) is 56.3 Å². The smallest absolute Gasteiger partial charge is 0.0498 e. The van der Waals surface area contributed by atoms with Gasteiger partial charge in [0.25, 0.3) is 0 Å². The van der Waals surface area contributed by atoms with Gasteiger partial charge in [-0.2, -0.15) is 0 Å². The Morgan fingerprint density at radius 2 is 1.95 bits per heavy atom. The molecular formula is C18H30N2. The highest BCUT2D eigenvalue weighted by Crippen LogP contribution is 2.33. The largest absolute Gasteiger partial charge is 0.312 e. The van der Waals surface area contributed by atoms with Crippen LogP contribution in [0.5, 0.6) is 0 Å². The van der Waals surface area contributed by atoms with Crippen LogP contribution in [0.25, 0.3) is 0 Å². The Morgan fingerprint density at radius 3 is 2.45 bits per heavy atom. The highest BCUT2D eigenvalue weighted by Gasteiger charge is 2.29. The second kappa shape index (κ2) is 5.87. The summed E-state index contributed by atoms with van der Waals surface area (Å²) in [5.74, 6) is 0. The molecular weight excluding hydrogens is 244 g/mol. The molecule has 1 aromatic carbocycles. The zero-order chi connectivity index (χ0) is 14.9. The molecule has 1 aliphatic rings. The van der Waals surface area contributed by atoms with E-state index in [1.807, 2.05) is 0 Å². The molecule has 20 heavy (non-hydrogen) atoms. The molecule has 0 radical (unpaired) electrons. The molecule has 112 valence electrons. The molecule has 0 aromatic heterocycles. The standard InChI is InChI=1S/C18H30N2/c1-13-9-10-14(18(2,3)4)12-15(13)17(20(5)6)16-8-7-11-19-16/h9-10,12,16-17,19H,7-8,11H2,1-6H3. The molecule has 1 aliphatic heterocycles. The van der Waals surface area contributed by atoms with Crippen molar-refractivity contribution in [3.05, 3.63) is 34.9 Å². The lowest BCUT2D eigenvalue weighted by atomic mass is 9.83. The molecule has 0 aliphatic carbocycles. The van der Waals surface area contributed by atoms with Gasteiger partial charge in [0.05, 0.1) is 0 Å². The molecule has 1 heterocycles. The second-order valence-electron chi connectivity index (χ2n) is 7.43. The molecule has 2 atom stereocenters. The van der Waals surface area contributed by atoms with Crippen molar-refractivity contribution in [3.8, 4) is 0 Å². The maximum atomic E-state index is 3.68.